The number of halogens is 1. The maximum atomic E-state index is 12.0. The van der Waals surface area contributed by atoms with Gasteiger partial charge in [0.05, 0.1) is 20.8 Å². The second-order valence-electron chi connectivity index (χ2n) is 5.98. The van der Waals surface area contributed by atoms with Crippen LogP contribution in [-0.2, 0) is 16.0 Å². The van der Waals surface area contributed by atoms with Crippen LogP contribution in [0.1, 0.15) is 17.5 Å². The number of carbonyl (C=O) groups is 2. The van der Waals surface area contributed by atoms with E-state index in [1.54, 1.807) is 26.4 Å². The number of anilines is 1. The maximum absolute atomic E-state index is 12.0. The minimum absolute atomic E-state index is 0.0696. The van der Waals surface area contributed by atoms with Crippen LogP contribution in [0.25, 0.3) is 0 Å². The summed E-state index contributed by atoms with van der Waals surface area (Å²) >= 11 is 3.41. The largest absolute Gasteiger partial charge is 0.493 e. The van der Waals surface area contributed by atoms with E-state index in [0.29, 0.717) is 23.6 Å². The zero-order chi connectivity index (χ0) is 19.8. The van der Waals surface area contributed by atoms with Crippen LogP contribution in [0.3, 0.4) is 0 Å². The lowest BCUT2D eigenvalue weighted by molar-refractivity contribution is -0.124. The molecule has 0 unspecified atom stereocenters. The first-order valence-corrected chi connectivity index (χ1v) is 9.26. The van der Waals surface area contributed by atoms with Crippen molar-refractivity contribution < 1.29 is 19.1 Å². The van der Waals surface area contributed by atoms with Gasteiger partial charge < -0.3 is 20.1 Å². The van der Waals surface area contributed by atoms with E-state index in [4.69, 9.17) is 9.47 Å². The second-order valence-corrected chi connectivity index (χ2v) is 6.83. The summed E-state index contributed by atoms with van der Waals surface area (Å²) in [7, 11) is 3.14. The molecule has 0 saturated heterocycles. The van der Waals surface area contributed by atoms with Crippen molar-refractivity contribution in [2.45, 2.75) is 19.8 Å². The van der Waals surface area contributed by atoms with Crippen LogP contribution in [0.15, 0.2) is 40.9 Å². The summed E-state index contributed by atoms with van der Waals surface area (Å²) in [5.74, 6) is 0.813. The van der Waals surface area contributed by atoms with E-state index in [2.05, 4.69) is 26.6 Å². The fourth-order valence-corrected chi connectivity index (χ4v) is 2.74. The molecule has 144 valence electrons. The summed E-state index contributed by atoms with van der Waals surface area (Å²) in [6, 6.07) is 11.1. The highest BCUT2D eigenvalue weighted by atomic mass is 79.9. The third-order valence-electron chi connectivity index (χ3n) is 3.98. The van der Waals surface area contributed by atoms with Crippen LogP contribution in [0.5, 0.6) is 11.5 Å². The van der Waals surface area contributed by atoms with Crippen molar-refractivity contribution in [2.75, 3.05) is 26.1 Å². The van der Waals surface area contributed by atoms with Gasteiger partial charge in [0.15, 0.2) is 11.5 Å². The van der Waals surface area contributed by atoms with E-state index in [1.807, 2.05) is 31.2 Å². The van der Waals surface area contributed by atoms with Gasteiger partial charge in [-0.2, -0.15) is 0 Å². The molecule has 6 nitrogen and oxygen atoms in total. The molecule has 0 bridgehead atoms. The summed E-state index contributed by atoms with van der Waals surface area (Å²) in [5.41, 5.74) is 2.67. The zero-order valence-electron chi connectivity index (χ0n) is 15.6. The quantitative estimate of drug-likeness (QED) is 0.666. The molecule has 0 fully saturated rings. The summed E-state index contributed by atoms with van der Waals surface area (Å²) in [4.78, 5) is 24.0. The zero-order valence-corrected chi connectivity index (χ0v) is 17.2. The van der Waals surface area contributed by atoms with Gasteiger partial charge in [-0.05, 0) is 54.8 Å². The fraction of sp³-hybridized carbons (Fsp3) is 0.300. The van der Waals surface area contributed by atoms with Crippen molar-refractivity contribution in [2.24, 2.45) is 0 Å². The molecule has 2 N–H and O–H groups in total. The van der Waals surface area contributed by atoms with Gasteiger partial charge in [0.2, 0.25) is 11.8 Å². The monoisotopic (exact) mass is 434 g/mol. The molecule has 2 aromatic carbocycles. The molecule has 0 atom stereocenters. The van der Waals surface area contributed by atoms with Crippen LogP contribution in [-0.4, -0.2) is 32.6 Å². The molecule has 2 rings (SSSR count). The summed E-state index contributed by atoms with van der Waals surface area (Å²) in [6.07, 6.45) is 0.819. The molecule has 0 aliphatic rings. The first-order valence-electron chi connectivity index (χ1n) is 8.46. The number of aryl methyl sites for hydroxylation is 2. The van der Waals surface area contributed by atoms with Crippen molar-refractivity contribution in [1.29, 1.82) is 0 Å². The highest BCUT2D eigenvalue weighted by Gasteiger charge is 2.09. The third kappa shape index (κ3) is 6.29. The first kappa shape index (κ1) is 20.8. The molecule has 0 spiro atoms. The van der Waals surface area contributed by atoms with Crippen molar-refractivity contribution in [3.8, 4) is 11.5 Å². The molecule has 2 amide bonds. The van der Waals surface area contributed by atoms with Gasteiger partial charge >= 0.3 is 0 Å². The summed E-state index contributed by atoms with van der Waals surface area (Å²) in [6.45, 7) is 1.87. The Labute approximate surface area is 167 Å². The third-order valence-corrected chi connectivity index (χ3v) is 4.87. The van der Waals surface area contributed by atoms with E-state index in [-0.39, 0.29) is 24.8 Å². The topological polar surface area (TPSA) is 76.7 Å². The van der Waals surface area contributed by atoms with Crippen molar-refractivity contribution in [1.82, 2.24) is 5.32 Å². The smallest absolute Gasteiger partial charge is 0.243 e. The van der Waals surface area contributed by atoms with Crippen LogP contribution in [0, 0.1) is 6.92 Å². The molecular weight excluding hydrogens is 412 g/mol. The Balaban J connectivity index is 1.78. The van der Waals surface area contributed by atoms with E-state index in [1.165, 1.54) is 0 Å². The van der Waals surface area contributed by atoms with Crippen molar-refractivity contribution in [3.05, 3.63) is 52.0 Å². The number of rotatable bonds is 8. The molecular formula is C20H23BrN2O4. The number of amides is 2. The second kappa shape index (κ2) is 9.97. The Morgan fingerprint density at radius 3 is 2.41 bits per heavy atom. The van der Waals surface area contributed by atoms with E-state index >= 15 is 0 Å². The molecule has 27 heavy (non-hydrogen) atoms. The number of carbonyl (C=O) groups excluding carboxylic acids is 2. The molecule has 0 aliphatic carbocycles. The standard InChI is InChI=1S/C20H23BrN2O4/c1-13-10-15(6-7-16(13)21)23-20(25)12-22-19(24)9-5-14-4-8-17(26-2)18(11-14)27-3/h4,6-8,10-11H,5,9,12H2,1-3H3,(H,22,24)(H,23,25). The first-order chi connectivity index (χ1) is 12.9. The van der Waals surface area contributed by atoms with E-state index < -0.39 is 0 Å². The van der Waals surface area contributed by atoms with Gasteiger partial charge in [-0.3, -0.25) is 9.59 Å². The van der Waals surface area contributed by atoms with Crippen LogP contribution < -0.4 is 20.1 Å². The van der Waals surface area contributed by atoms with Gasteiger partial charge in [0, 0.05) is 16.6 Å². The SMILES string of the molecule is COc1ccc(CCC(=O)NCC(=O)Nc2ccc(Br)c(C)c2)cc1OC. The highest BCUT2D eigenvalue weighted by Crippen LogP contribution is 2.27. The number of hydrogen-bond acceptors (Lipinski definition) is 4. The van der Waals surface area contributed by atoms with Gasteiger partial charge in [0.1, 0.15) is 0 Å². The normalized spacial score (nSPS) is 10.2. The molecule has 7 heteroatoms. The molecule has 0 aliphatic heterocycles. The fourth-order valence-electron chi connectivity index (χ4n) is 2.49. The number of hydrogen-bond donors (Lipinski definition) is 2. The number of nitrogens with one attached hydrogen (secondary N) is 2. The Morgan fingerprint density at radius 2 is 1.74 bits per heavy atom. The van der Waals surface area contributed by atoms with Gasteiger partial charge in [0.25, 0.3) is 0 Å². The van der Waals surface area contributed by atoms with Gasteiger partial charge in [-0.1, -0.05) is 22.0 Å². The van der Waals surface area contributed by atoms with Crippen molar-refractivity contribution in [3.63, 3.8) is 0 Å². The maximum Gasteiger partial charge on any atom is 0.243 e. The lowest BCUT2D eigenvalue weighted by Crippen LogP contribution is -2.32. The Kier molecular flexibility index (Phi) is 7.67. The molecule has 0 saturated carbocycles. The predicted molar refractivity (Wildman–Crippen MR) is 108 cm³/mol. The van der Waals surface area contributed by atoms with Crippen molar-refractivity contribution >= 4 is 33.4 Å². The number of methoxy groups -OCH3 is 2. The highest BCUT2D eigenvalue weighted by molar-refractivity contribution is 9.10. The molecule has 0 heterocycles. The number of ether oxygens (including phenoxy) is 2. The summed E-state index contributed by atoms with van der Waals surface area (Å²) < 4.78 is 11.4. The van der Waals surface area contributed by atoms with Crippen LogP contribution in [0.2, 0.25) is 0 Å². The van der Waals surface area contributed by atoms with Gasteiger partial charge in [-0.15, -0.1) is 0 Å². The van der Waals surface area contributed by atoms with Crippen LogP contribution in [0.4, 0.5) is 5.69 Å². The average molecular weight is 435 g/mol. The minimum Gasteiger partial charge on any atom is -0.493 e. The van der Waals surface area contributed by atoms with E-state index in [9.17, 15) is 9.59 Å². The van der Waals surface area contributed by atoms with E-state index in [0.717, 1.165) is 15.6 Å². The summed E-state index contributed by atoms with van der Waals surface area (Å²) in [5, 5.41) is 5.40. The molecule has 2 aromatic rings. The number of benzene rings is 2. The molecule has 0 radical (unpaired) electrons. The predicted octanol–water partition coefficient (Wildman–Crippen LogP) is 3.46. The Morgan fingerprint density at radius 1 is 1.00 bits per heavy atom. The lowest BCUT2D eigenvalue weighted by Gasteiger charge is -2.10. The van der Waals surface area contributed by atoms with Crippen LogP contribution >= 0.6 is 15.9 Å². The molecule has 0 aromatic heterocycles. The average Bonchev–Trinajstić information content (AvgIpc) is 2.67. The lowest BCUT2D eigenvalue weighted by atomic mass is 10.1. The minimum atomic E-state index is -0.267. The Bertz CT molecular complexity index is 824. The Hall–Kier alpha value is -2.54. The van der Waals surface area contributed by atoms with Gasteiger partial charge in [-0.25, -0.2) is 0 Å².